The molecule has 1 aromatic carbocycles. The van der Waals surface area contributed by atoms with E-state index in [1.54, 1.807) is 12.1 Å². The third kappa shape index (κ3) is 3.74. The molecule has 39 heavy (non-hydrogen) atoms. The molecule has 6 aliphatic rings. The Morgan fingerprint density at radius 3 is 2.28 bits per heavy atom. The number of benzene rings is 1. The van der Waals surface area contributed by atoms with Crippen LogP contribution in [0, 0.1) is 47.3 Å². The molecule has 1 unspecified atom stereocenters. The maximum Gasteiger partial charge on any atom is 0.296 e. The van der Waals surface area contributed by atoms with Crippen molar-refractivity contribution in [3.8, 4) is 0 Å². The molecule has 2 saturated heterocycles. The molecule has 7 nitrogen and oxygen atoms in total. The second-order valence-corrected chi connectivity index (χ2v) is 15.3. The largest absolute Gasteiger partial charge is 0.343 e. The third-order valence-corrected chi connectivity index (χ3v) is 13.4. The van der Waals surface area contributed by atoms with Crippen LogP contribution in [-0.2, 0) is 33.2 Å². The standard InChI is InChI=1S/C31H44O7S/c1-21-7-9-23(10-8-21)39(32,33)38-20-22-18-24-26(28(2)12-5-4-6-25(22)28)11-13-29(3)27(24)19-30-31(29,36-16-14-34-30)37-17-15-35-30/h7-10,22,24-27H,4-6,11-20H2,1-3H3/t22-,24-,25?,26+,27+,28+,29+,30?,31?/m1/s1. The lowest BCUT2D eigenvalue weighted by molar-refractivity contribution is -0.474. The van der Waals surface area contributed by atoms with Crippen molar-refractivity contribution < 1.29 is 31.5 Å². The zero-order valence-corrected chi connectivity index (χ0v) is 24.5. The summed E-state index contributed by atoms with van der Waals surface area (Å²) in [6.07, 6.45) is 8.77. The Labute approximate surface area is 233 Å². The molecule has 0 aromatic heterocycles. The van der Waals surface area contributed by atoms with Gasteiger partial charge in [-0.15, -0.1) is 0 Å². The molecule has 7 rings (SSSR count). The lowest BCUT2D eigenvalue weighted by Gasteiger charge is -2.63. The van der Waals surface area contributed by atoms with Crippen LogP contribution in [-0.4, -0.2) is 53.0 Å². The van der Waals surface area contributed by atoms with Gasteiger partial charge in [-0.3, -0.25) is 4.18 Å². The fourth-order valence-electron chi connectivity index (χ4n) is 10.4. The van der Waals surface area contributed by atoms with Crippen molar-refractivity contribution in [1.82, 2.24) is 0 Å². The van der Waals surface area contributed by atoms with Crippen LogP contribution in [0.3, 0.4) is 0 Å². The molecule has 0 bridgehead atoms. The number of hydrogen-bond acceptors (Lipinski definition) is 7. The topological polar surface area (TPSA) is 80.3 Å². The van der Waals surface area contributed by atoms with Gasteiger partial charge >= 0.3 is 0 Å². The molecule has 0 spiro atoms. The monoisotopic (exact) mass is 560 g/mol. The van der Waals surface area contributed by atoms with Crippen molar-refractivity contribution in [2.24, 2.45) is 40.4 Å². The van der Waals surface area contributed by atoms with E-state index in [4.69, 9.17) is 23.1 Å². The second-order valence-electron chi connectivity index (χ2n) is 13.7. The Bertz CT molecular complexity index is 1190. The van der Waals surface area contributed by atoms with Gasteiger partial charge in [-0.25, -0.2) is 0 Å². The zero-order chi connectivity index (χ0) is 27.1. The summed E-state index contributed by atoms with van der Waals surface area (Å²) in [5.74, 6) is 0.315. The Balaban J connectivity index is 1.21. The maximum absolute atomic E-state index is 13.2. The molecule has 4 saturated carbocycles. The van der Waals surface area contributed by atoms with Crippen molar-refractivity contribution in [1.29, 1.82) is 0 Å². The smallest absolute Gasteiger partial charge is 0.296 e. The molecular weight excluding hydrogens is 516 g/mol. The maximum atomic E-state index is 13.2. The highest BCUT2D eigenvalue weighted by molar-refractivity contribution is 7.86. The minimum Gasteiger partial charge on any atom is -0.343 e. The van der Waals surface area contributed by atoms with Gasteiger partial charge in [0.1, 0.15) is 0 Å². The molecule has 0 radical (unpaired) electrons. The summed E-state index contributed by atoms with van der Waals surface area (Å²) in [6, 6.07) is 6.96. The summed E-state index contributed by atoms with van der Waals surface area (Å²) >= 11 is 0. The molecule has 2 aliphatic heterocycles. The van der Waals surface area contributed by atoms with E-state index in [0.717, 1.165) is 37.7 Å². The van der Waals surface area contributed by atoms with E-state index in [-0.39, 0.29) is 28.3 Å². The van der Waals surface area contributed by atoms with E-state index >= 15 is 0 Å². The molecule has 6 fully saturated rings. The Morgan fingerprint density at radius 1 is 0.872 bits per heavy atom. The van der Waals surface area contributed by atoms with Crippen molar-refractivity contribution >= 4 is 10.1 Å². The molecule has 0 N–H and O–H groups in total. The Kier molecular flexibility index (Phi) is 6.36. The molecule has 2 heterocycles. The predicted molar refractivity (Wildman–Crippen MR) is 144 cm³/mol. The van der Waals surface area contributed by atoms with Crippen molar-refractivity contribution in [3.63, 3.8) is 0 Å². The number of hydrogen-bond donors (Lipinski definition) is 0. The molecule has 7 atom stereocenters. The highest BCUT2D eigenvalue weighted by Gasteiger charge is 2.79. The van der Waals surface area contributed by atoms with Crippen LogP contribution in [0.1, 0.15) is 70.8 Å². The van der Waals surface area contributed by atoms with Crippen molar-refractivity contribution in [3.05, 3.63) is 29.8 Å². The average Bonchev–Trinajstić information content (AvgIpc) is 3.18. The third-order valence-electron chi connectivity index (χ3n) is 12.1. The van der Waals surface area contributed by atoms with E-state index in [1.165, 1.54) is 19.3 Å². The minimum atomic E-state index is -3.81. The van der Waals surface area contributed by atoms with Crippen LogP contribution in [0.15, 0.2) is 29.2 Å². The first-order chi connectivity index (χ1) is 18.6. The number of aryl methyl sites for hydroxylation is 1. The quantitative estimate of drug-likeness (QED) is 0.453. The van der Waals surface area contributed by atoms with Crippen LogP contribution in [0.25, 0.3) is 0 Å². The summed E-state index contributed by atoms with van der Waals surface area (Å²) in [5.41, 5.74) is 0.997. The lowest BCUT2D eigenvalue weighted by Crippen LogP contribution is -2.70. The highest BCUT2D eigenvalue weighted by atomic mass is 32.2. The van der Waals surface area contributed by atoms with Crippen LogP contribution in [0.5, 0.6) is 0 Å². The van der Waals surface area contributed by atoms with Crippen molar-refractivity contribution in [2.45, 2.75) is 88.6 Å². The van der Waals surface area contributed by atoms with Gasteiger partial charge in [0.05, 0.1) is 37.9 Å². The average molecular weight is 561 g/mol. The SMILES string of the molecule is Cc1ccc(S(=O)(=O)OC[C@H]2C[C@@H]3[C@H](CC[C@@]4(C)[C@H]3CC35OCCOC34OCCO5)[C@@]3(C)CCCCC23)cc1. The molecule has 8 heteroatoms. The van der Waals surface area contributed by atoms with Crippen molar-refractivity contribution in [2.75, 3.05) is 33.0 Å². The van der Waals surface area contributed by atoms with Gasteiger partial charge in [0.15, 0.2) is 0 Å². The first-order valence-corrected chi connectivity index (χ1v) is 16.6. The summed E-state index contributed by atoms with van der Waals surface area (Å²) in [6.45, 7) is 9.15. The van der Waals surface area contributed by atoms with Gasteiger partial charge in [0, 0.05) is 11.8 Å². The molecule has 4 aliphatic carbocycles. The fourth-order valence-corrected chi connectivity index (χ4v) is 11.4. The lowest BCUT2D eigenvalue weighted by atomic mass is 9.43. The van der Waals surface area contributed by atoms with Crippen LogP contribution in [0.4, 0.5) is 0 Å². The van der Waals surface area contributed by atoms with Gasteiger partial charge in [-0.05, 0) is 86.2 Å². The molecule has 216 valence electrons. The van der Waals surface area contributed by atoms with Crippen LogP contribution < -0.4 is 0 Å². The Morgan fingerprint density at radius 2 is 1.56 bits per heavy atom. The summed E-state index contributed by atoms with van der Waals surface area (Å²) < 4.78 is 58.3. The molecule has 0 amide bonds. The first kappa shape index (κ1) is 26.8. The van der Waals surface area contributed by atoms with Gasteiger partial charge < -0.3 is 18.9 Å². The zero-order valence-electron chi connectivity index (χ0n) is 23.7. The van der Waals surface area contributed by atoms with Gasteiger partial charge in [0.2, 0.25) is 11.6 Å². The summed E-state index contributed by atoms with van der Waals surface area (Å²) in [5, 5.41) is 0. The van der Waals surface area contributed by atoms with E-state index in [1.807, 2.05) is 19.1 Å². The first-order valence-electron chi connectivity index (χ1n) is 15.2. The van der Waals surface area contributed by atoms with Gasteiger partial charge in [-0.1, -0.05) is 44.4 Å². The fraction of sp³-hybridized carbons (Fsp3) is 0.806. The van der Waals surface area contributed by atoms with Gasteiger partial charge in [-0.2, -0.15) is 8.42 Å². The normalized spacial score (nSPS) is 47.3. The Hall–Kier alpha value is -1.03. The summed E-state index contributed by atoms with van der Waals surface area (Å²) in [7, 11) is -3.81. The molecule has 1 aromatic rings. The van der Waals surface area contributed by atoms with E-state index in [9.17, 15) is 8.42 Å². The minimum absolute atomic E-state index is 0.182. The number of rotatable bonds is 4. The predicted octanol–water partition coefficient (Wildman–Crippen LogP) is 5.46. The summed E-state index contributed by atoms with van der Waals surface area (Å²) in [4.78, 5) is 0.240. The number of ether oxygens (including phenoxy) is 4. The highest BCUT2D eigenvalue weighted by Crippen LogP contribution is 2.73. The van der Waals surface area contributed by atoms with E-state index in [0.29, 0.717) is 50.1 Å². The molecular formula is C31H44O7S. The van der Waals surface area contributed by atoms with E-state index in [2.05, 4.69) is 13.8 Å². The van der Waals surface area contributed by atoms with Crippen LogP contribution >= 0.6 is 0 Å². The second kappa shape index (κ2) is 9.23. The van der Waals surface area contributed by atoms with Gasteiger partial charge in [0.25, 0.3) is 10.1 Å². The number of fused-ring (bicyclic) bond motifs is 5. The van der Waals surface area contributed by atoms with E-state index < -0.39 is 21.7 Å². The van der Waals surface area contributed by atoms with Crippen LogP contribution in [0.2, 0.25) is 0 Å².